The molecule has 2 fully saturated rings. The smallest absolute Gasteiger partial charge is 0.163 e. The maximum atomic E-state index is 6.25. The number of fused-ring (bicyclic) bond motifs is 2. The molecule has 124 valence electrons. The highest BCUT2D eigenvalue weighted by Crippen LogP contribution is 2.47. The van der Waals surface area contributed by atoms with Gasteiger partial charge in [-0.15, -0.1) is 6.58 Å². The van der Waals surface area contributed by atoms with E-state index < -0.39 is 5.79 Å². The van der Waals surface area contributed by atoms with Gasteiger partial charge < -0.3 is 14.4 Å². The van der Waals surface area contributed by atoms with Crippen LogP contribution in [0.25, 0.3) is 0 Å². The van der Waals surface area contributed by atoms with Crippen LogP contribution in [-0.2, 0) is 15.9 Å². The summed E-state index contributed by atoms with van der Waals surface area (Å²) in [6, 6.07) is 0.263. The summed E-state index contributed by atoms with van der Waals surface area (Å²) in [7, 11) is 0. The van der Waals surface area contributed by atoms with Crippen molar-refractivity contribution in [1.29, 1.82) is 0 Å². The Morgan fingerprint density at radius 2 is 2.17 bits per heavy atom. The maximum absolute atomic E-state index is 6.25. The van der Waals surface area contributed by atoms with E-state index in [2.05, 4.69) is 21.4 Å². The zero-order valence-corrected chi connectivity index (χ0v) is 14.3. The number of rotatable bonds is 3. The van der Waals surface area contributed by atoms with Crippen LogP contribution in [0.2, 0.25) is 5.15 Å². The lowest BCUT2D eigenvalue weighted by atomic mass is 10.0. The first-order valence-corrected chi connectivity index (χ1v) is 8.60. The minimum Gasteiger partial charge on any atom is -0.350 e. The lowest BCUT2D eigenvalue weighted by Crippen LogP contribution is -2.43. The summed E-state index contributed by atoms with van der Waals surface area (Å²) in [5.74, 6) is 0.867. The van der Waals surface area contributed by atoms with Gasteiger partial charge in [0.05, 0.1) is 12.1 Å². The van der Waals surface area contributed by atoms with Crippen LogP contribution in [0.5, 0.6) is 0 Å². The molecule has 1 saturated carbocycles. The fourth-order valence-electron chi connectivity index (χ4n) is 4.31. The van der Waals surface area contributed by atoms with Crippen molar-refractivity contribution in [2.75, 3.05) is 11.4 Å². The number of anilines is 1. The van der Waals surface area contributed by atoms with Gasteiger partial charge in [-0.2, -0.15) is 0 Å². The summed E-state index contributed by atoms with van der Waals surface area (Å²) in [4.78, 5) is 10.9. The third kappa shape index (κ3) is 2.46. The minimum atomic E-state index is -0.528. The average molecular weight is 336 g/mol. The third-order valence-electron chi connectivity index (χ3n) is 5.17. The second kappa shape index (κ2) is 5.43. The van der Waals surface area contributed by atoms with Crippen LogP contribution < -0.4 is 4.90 Å². The molecule has 0 radical (unpaired) electrons. The van der Waals surface area contributed by atoms with Crippen molar-refractivity contribution in [3.63, 3.8) is 0 Å². The van der Waals surface area contributed by atoms with Crippen molar-refractivity contribution in [2.24, 2.45) is 5.92 Å². The van der Waals surface area contributed by atoms with Crippen LogP contribution >= 0.6 is 11.6 Å². The summed E-state index contributed by atoms with van der Waals surface area (Å²) in [6.45, 7) is 8.79. The van der Waals surface area contributed by atoms with Gasteiger partial charge >= 0.3 is 0 Å². The molecule has 0 aromatic carbocycles. The zero-order valence-electron chi connectivity index (χ0n) is 13.5. The van der Waals surface area contributed by atoms with E-state index in [1.165, 1.54) is 0 Å². The summed E-state index contributed by atoms with van der Waals surface area (Å²) in [5.41, 5.74) is 1.05. The van der Waals surface area contributed by atoms with Crippen molar-refractivity contribution in [1.82, 2.24) is 9.97 Å². The van der Waals surface area contributed by atoms with Gasteiger partial charge in [0.1, 0.15) is 23.4 Å². The molecule has 0 amide bonds. The third-order valence-corrected chi connectivity index (χ3v) is 5.49. The number of allylic oxidation sites excluding steroid dienone is 1. The summed E-state index contributed by atoms with van der Waals surface area (Å²) >= 11 is 6.23. The molecular weight excluding hydrogens is 314 g/mol. The Bertz CT molecular complexity index is 636. The van der Waals surface area contributed by atoms with E-state index in [0.29, 0.717) is 11.1 Å². The van der Waals surface area contributed by atoms with Gasteiger partial charge in [0.25, 0.3) is 0 Å². The second-order valence-corrected chi connectivity index (χ2v) is 7.42. The van der Waals surface area contributed by atoms with Gasteiger partial charge in [0, 0.05) is 12.1 Å². The molecule has 4 atom stereocenters. The topological polar surface area (TPSA) is 47.5 Å². The van der Waals surface area contributed by atoms with Gasteiger partial charge in [-0.1, -0.05) is 17.7 Å². The summed E-state index contributed by atoms with van der Waals surface area (Å²) in [6.07, 6.45) is 6.57. The Balaban J connectivity index is 1.65. The van der Waals surface area contributed by atoms with Gasteiger partial charge in [0.15, 0.2) is 5.79 Å². The lowest BCUT2D eigenvalue weighted by Gasteiger charge is -2.31. The molecule has 3 aliphatic rings. The fourth-order valence-corrected chi connectivity index (χ4v) is 4.54. The van der Waals surface area contributed by atoms with E-state index in [0.717, 1.165) is 37.2 Å². The standard InChI is InChI=1S/C17H22ClN3O2/c1-4-5-10-8-12(14-13(10)22-17(2,3)23-14)21-7-6-11-15(18)19-9-20-16(11)21/h4,9-10,12-14H,1,5-8H2,2-3H3/t10-,12+,13+,14-/m0/s1. The molecule has 0 N–H and O–H groups in total. The van der Waals surface area contributed by atoms with Crippen LogP contribution in [0.3, 0.4) is 0 Å². The molecule has 1 aliphatic carbocycles. The van der Waals surface area contributed by atoms with Crippen molar-refractivity contribution in [3.8, 4) is 0 Å². The van der Waals surface area contributed by atoms with E-state index in [4.69, 9.17) is 21.1 Å². The SMILES string of the molecule is C=CC[C@H]1C[C@@H](N2CCc3c(Cl)ncnc32)[C@@H]2OC(C)(C)O[C@H]12. The second-order valence-electron chi connectivity index (χ2n) is 7.06. The van der Waals surface area contributed by atoms with Gasteiger partial charge in [-0.3, -0.25) is 0 Å². The number of halogens is 1. The van der Waals surface area contributed by atoms with Gasteiger partial charge in [0.2, 0.25) is 0 Å². The molecule has 23 heavy (non-hydrogen) atoms. The Hall–Kier alpha value is -1.17. The Kier molecular flexibility index (Phi) is 3.63. The Morgan fingerprint density at radius 3 is 2.96 bits per heavy atom. The lowest BCUT2D eigenvalue weighted by molar-refractivity contribution is -0.157. The average Bonchev–Trinajstić information content (AvgIpc) is 3.13. The molecule has 5 nitrogen and oxygen atoms in total. The molecule has 1 aromatic rings. The number of nitrogens with zero attached hydrogens (tertiary/aromatic N) is 3. The number of hydrogen-bond acceptors (Lipinski definition) is 5. The molecular formula is C17H22ClN3O2. The molecule has 2 aliphatic heterocycles. The summed E-state index contributed by atoms with van der Waals surface area (Å²) in [5, 5.41) is 0.568. The van der Waals surface area contributed by atoms with E-state index in [-0.39, 0.29) is 18.2 Å². The van der Waals surface area contributed by atoms with E-state index in [9.17, 15) is 0 Å². The quantitative estimate of drug-likeness (QED) is 0.628. The molecule has 6 heteroatoms. The molecule has 1 aromatic heterocycles. The highest BCUT2D eigenvalue weighted by atomic mass is 35.5. The highest BCUT2D eigenvalue weighted by Gasteiger charge is 2.55. The first-order chi connectivity index (χ1) is 11.0. The van der Waals surface area contributed by atoms with Crippen molar-refractivity contribution < 1.29 is 9.47 Å². The van der Waals surface area contributed by atoms with Crippen LogP contribution in [0, 0.1) is 5.92 Å². The highest BCUT2D eigenvalue weighted by molar-refractivity contribution is 6.30. The molecule has 3 heterocycles. The van der Waals surface area contributed by atoms with Crippen LogP contribution in [0.1, 0.15) is 32.3 Å². The van der Waals surface area contributed by atoms with Gasteiger partial charge in [-0.25, -0.2) is 9.97 Å². The number of aromatic nitrogens is 2. The minimum absolute atomic E-state index is 0.0645. The van der Waals surface area contributed by atoms with Crippen LogP contribution in [0.15, 0.2) is 19.0 Å². The number of ether oxygens (including phenoxy) is 2. The first kappa shape index (κ1) is 15.4. The van der Waals surface area contributed by atoms with E-state index in [1.807, 2.05) is 19.9 Å². The Morgan fingerprint density at radius 1 is 1.39 bits per heavy atom. The predicted octanol–water partition coefficient (Wildman–Crippen LogP) is 2.98. The molecule has 4 rings (SSSR count). The molecule has 0 spiro atoms. The van der Waals surface area contributed by atoms with Crippen molar-refractivity contribution >= 4 is 17.4 Å². The maximum Gasteiger partial charge on any atom is 0.163 e. The van der Waals surface area contributed by atoms with Crippen molar-refractivity contribution in [3.05, 3.63) is 29.7 Å². The Labute approximate surface area is 141 Å². The molecule has 0 unspecified atom stereocenters. The predicted molar refractivity (Wildman–Crippen MR) is 88.6 cm³/mol. The number of hydrogen-bond donors (Lipinski definition) is 0. The normalized spacial score (nSPS) is 34.5. The monoisotopic (exact) mass is 335 g/mol. The zero-order chi connectivity index (χ0) is 16.2. The largest absolute Gasteiger partial charge is 0.350 e. The van der Waals surface area contributed by atoms with Crippen LogP contribution in [-0.4, -0.2) is 40.5 Å². The fraction of sp³-hybridized carbons (Fsp3) is 0.647. The molecule has 0 bridgehead atoms. The first-order valence-electron chi connectivity index (χ1n) is 8.23. The molecule has 1 saturated heterocycles. The van der Waals surface area contributed by atoms with E-state index >= 15 is 0 Å². The van der Waals surface area contributed by atoms with E-state index in [1.54, 1.807) is 6.33 Å². The van der Waals surface area contributed by atoms with Gasteiger partial charge in [-0.05, 0) is 39.0 Å². The van der Waals surface area contributed by atoms with Crippen molar-refractivity contribution in [2.45, 2.75) is 57.1 Å². The summed E-state index contributed by atoms with van der Waals surface area (Å²) < 4.78 is 12.4. The van der Waals surface area contributed by atoms with Crippen LogP contribution in [0.4, 0.5) is 5.82 Å².